The number of rotatable bonds is 9. The number of amides is 1. The fourth-order valence-corrected chi connectivity index (χ4v) is 3.15. The van der Waals surface area contributed by atoms with Gasteiger partial charge in [-0.3, -0.25) is 9.59 Å². The minimum absolute atomic E-state index is 0.0185. The number of methoxy groups -OCH3 is 1. The third-order valence-electron chi connectivity index (χ3n) is 3.42. The maximum absolute atomic E-state index is 12.8. The van der Waals surface area contributed by atoms with Crippen LogP contribution in [0.4, 0.5) is 0 Å². The number of esters is 1. The Bertz CT molecular complexity index is 751. The fourth-order valence-electron chi connectivity index (χ4n) is 2.03. The van der Waals surface area contributed by atoms with Crippen LogP contribution in [0.2, 0.25) is 5.02 Å². The molecule has 146 valence electrons. The quantitative estimate of drug-likeness (QED) is 0.573. The molecule has 0 aliphatic carbocycles. The highest BCUT2D eigenvalue weighted by Gasteiger charge is 2.25. The number of halogens is 1. The lowest BCUT2D eigenvalue weighted by Gasteiger charge is -2.22. The average Bonchev–Trinajstić information content (AvgIpc) is 2.58. The van der Waals surface area contributed by atoms with Gasteiger partial charge >= 0.3 is 5.97 Å². The van der Waals surface area contributed by atoms with Crippen LogP contribution in [0, 0.1) is 0 Å². The molecule has 26 heavy (non-hydrogen) atoms. The monoisotopic (exact) mass is 406 g/mol. The number of hydrogen-bond acceptors (Lipinski definition) is 6. The van der Waals surface area contributed by atoms with Crippen molar-refractivity contribution in [2.45, 2.75) is 11.8 Å². The number of benzene rings is 1. The molecular formula is C16H23ClN2O6S. The lowest BCUT2D eigenvalue weighted by Crippen LogP contribution is -2.39. The lowest BCUT2D eigenvalue weighted by atomic mass is 10.2. The summed E-state index contributed by atoms with van der Waals surface area (Å²) in [6, 6.07) is 3.86. The van der Waals surface area contributed by atoms with E-state index in [1.54, 1.807) is 6.92 Å². The molecule has 10 heteroatoms. The maximum atomic E-state index is 12.8. The number of hydrogen-bond donors (Lipinski definition) is 0. The van der Waals surface area contributed by atoms with Crippen LogP contribution in [0.5, 0.6) is 0 Å². The van der Waals surface area contributed by atoms with E-state index in [1.165, 1.54) is 44.3 Å². The zero-order valence-corrected chi connectivity index (χ0v) is 16.8. The zero-order chi connectivity index (χ0) is 19.9. The number of nitrogens with zero attached hydrogens (tertiary/aromatic N) is 2. The molecule has 0 N–H and O–H groups in total. The number of ether oxygens (including phenoxy) is 2. The van der Waals surface area contributed by atoms with E-state index in [9.17, 15) is 18.0 Å². The van der Waals surface area contributed by atoms with Crippen LogP contribution in [0.1, 0.15) is 17.3 Å². The third kappa shape index (κ3) is 5.66. The lowest BCUT2D eigenvalue weighted by molar-refractivity contribution is -0.143. The van der Waals surface area contributed by atoms with Crippen molar-refractivity contribution >= 4 is 33.5 Å². The molecule has 0 radical (unpaired) electrons. The SMILES string of the molecule is CCOC(=O)CN(CCOC)C(=O)c1cc(S(=O)(=O)N(C)C)ccc1Cl. The molecule has 0 saturated heterocycles. The Morgan fingerprint density at radius 3 is 2.42 bits per heavy atom. The van der Waals surface area contributed by atoms with Gasteiger partial charge in [0.1, 0.15) is 6.54 Å². The van der Waals surface area contributed by atoms with Crippen LogP contribution in [-0.4, -0.2) is 77.0 Å². The zero-order valence-electron chi connectivity index (χ0n) is 15.2. The summed E-state index contributed by atoms with van der Waals surface area (Å²) < 4.78 is 35.4. The molecule has 0 heterocycles. The van der Waals surface area contributed by atoms with Gasteiger partial charge in [0, 0.05) is 27.7 Å². The molecule has 0 saturated carbocycles. The summed E-state index contributed by atoms with van der Waals surface area (Å²) >= 11 is 6.09. The van der Waals surface area contributed by atoms with Crippen molar-refractivity contribution < 1.29 is 27.5 Å². The molecule has 0 aliphatic heterocycles. The van der Waals surface area contributed by atoms with Crippen molar-refractivity contribution in [1.29, 1.82) is 0 Å². The van der Waals surface area contributed by atoms with E-state index < -0.39 is 21.9 Å². The molecule has 0 spiro atoms. The number of sulfonamides is 1. The highest BCUT2D eigenvalue weighted by molar-refractivity contribution is 7.89. The van der Waals surface area contributed by atoms with E-state index >= 15 is 0 Å². The molecule has 0 fully saturated rings. The van der Waals surface area contributed by atoms with E-state index in [1.807, 2.05) is 0 Å². The Balaban J connectivity index is 3.23. The molecular weight excluding hydrogens is 384 g/mol. The third-order valence-corrected chi connectivity index (χ3v) is 5.57. The molecule has 1 rings (SSSR count). The average molecular weight is 407 g/mol. The van der Waals surface area contributed by atoms with Crippen molar-refractivity contribution in [1.82, 2.24) is 9.21 Å². The van der Waals surface area contributed by atoms with Gasteiger partial charge in [-0.1, -0.05) is 11.6 Å². The van der Waals surface area contributed by atoms with Crippen molar-refractivity contribution in [2.24, 2.45) is 0 Å². The molecule has 0 bridgehead atoms. The first kappa shape index (κ1) is 22.4. The molecule has 1 aromatic carbocycles. The second-order valence-corrected chi connectivity index (χ2v) is 8.01. The van der Waals surface area contributed by atoms with Crippen LogP contribution in [0.3, 0.4) is 0 Å². The van der Waals surface area contributed by atoms with Crippen molar-refractivity contribution in [3.8, 4) is 0 Å². The molecule has 0 aromatic heterocycles. The van der Waals surface area contributed by atoms with Crippen LogP contribution in [0.15, 0.2) is 23.1 Å². The largest absolute Gasteiger partial charge is 0.465 e. The summed E-state index contributed by atoms with van der Waals surface area (Å²) in [4.78, 5) is 25.7. The second kappa shape index (κ2) is 9.86. The topological polar surface area (TPSA) is 93.2 Å². The van der Waals surface area contributed by atoms with Gasteiger partial charge in [0.15, 0.2) is 0 Å². The summed E-state index contributed by atoms with van der Waals surface area (Å²) in [5.74, 6) is -1.17. The highest BCUT2D eigenvalue weighted by Crippen LogP contribution is 2.23. The van der Waals surface area contributed by atoms with Crippen LogP contribution >= 0.6 is 11.6 Å². The smallest absolute Gasteiger partial charge is 0.325 e. The molecule has 8 nitrogen and oxygen atoms in total. The molecule has 0 aliphatic rings. The normalized spacial score (nSPS) is 11.5. The van der Waals surface area contributed by atoms with Crippen molar-refractivity contribution in [3.05, 3.63) is 28.8 Å². The van der Waals surface area contributed by atoms with E-state index in [-0.39, 0.29) is 41.8 Å². The Kier molecular flexibility index (Phi) is 8.48. The first-order valence-electron chi connectivity index (χ1n) is 7.81. The number of carbonyl (C=O) groups excluding carboxylic acids is 2. The second-order valence-electron chi connectivity index (χ2n) is 5.45. The van der Waals surface area contributed by atoms with Crippen molar-refractivity contribution in [3.63, 3.8) is 0 Å². The van der Waals surface area contributed by atoms with Gasteiger partial charge in [0.25, 0.3) is 5.91 Å². The van der Waals surface area contributed by atoms with Gasteiger partial charge in [-0.05, 0) is 25.1 Å². The first-order chi connectivity index (χ1) is 12.1. The first-order valence-corrected chi connectivity index (χ1v) is 9.62. The number of carbonyl (C=O) groups is 2. The Labute approximate surface area is 158 Å². The van der Waals surface area contributed by atoms with Crippen molar-refractivity contribution in [2.75, 3.05) is 47.5 Å². The minimum Gasteiger partial charge on any atom is -0.465 e. The van der Waals surface area contributed by atoms with Gasteiger partial charge in [0.2, 0.25) is 10.0 Å². The molecule has 1 amide bonds. The summed E-state index contributed by atoms with van der Waals surface area (Å²) in [5.41, 5.74) is -0.0185. The molecule has 1 aromatic rings. The summed E-state index contributed by atoms with van der Waals surface area (Å²) in [6.45, 7) is 1.86. The Morgan fingerprint density at radius 1 is 1.23 bits per heavy atom. The predicted molar refractivity (Wildman–Crippen MR) is 96.7 cm³/mol. The standard InChI is InChI=1S/C16H23ClN2O6S/c1-5-25-15(20)11-19(8-9-24-4)16(21)13-10-12(6-7-14(13)17)26(22,23)18(2)3/h6-7,10H,5,8-9,11H2,1-4H3. The van der Waals surface area contributed by atoms with Crippen LogP contribution in [-0.2, 0) is 24.3 Å². The highest BCUT2D eigenvalue weighted by atomic mass is 35.5. The summed E-state index contributed by atoms with van der Waals surface area (Å²) in [6.07, 6.45) is 0. The van der Waals surface area contributed by atoms with E-state index in [4.69, 9.17) is 21.1 Å². The fraction of sp³-hybridized carbons (Fsp3) is 0.500. The summed E-state index contributed by atoms with van der Waals surface area (Å²) in [7, 11) is 0.498. The van der Waals surface area contributed by atoms with E-state index in [2.05, 4.69) is 0 Å². The maximum Gasteiger partial charge on any atom is 0.325 e. The predicted octanol–water partition coefficient (Wildman–Crippen LogP) is 1.24. The van der Waals surface area contributed by atoms with Crippen LogP contribution in [0.25, 0.3) is 0 Å². The van der Waals surface area contributed by atoms with Gasteiger partial charge < -0.3 is 14.4 Å². The summed E-state index contributed by atoms with van der Waals surface area (Å²) in [5, 5.41) is 0.0824. The van der Waals surface area contributed by atoms with E-state index in [0.29, 0.717) is 0 Å². The molecule has 0 atom stereocenters. The Morgan fingerprint density at radius 2 is 1.88 bits per heavy atom. The molecule has 0 unspecified atom stereocenters. The van der Waals surface area contributed by atoms with E-state index in [0.717, 1.165) is 4.31 Å². The van der Waals surface area contributed by atoms with Gasteiger partial charge in [-0.2, -0.15) is 0 Å². The minimum atomic E-state index is -3.74. The van der Waals surface area contributed by atoms with Gasteiger partial charge in [-0.15, -0.1) is 0 Å². The Hall–Kier alpha value is -1.68. The van der Waals surface area contributed by atoms with Crippen LogP contribution < -0.4 is 0 Å². The van der Waals surface area contributed by atoms with Gasteiger partial charge in [-0.25, -0.2) is 12.7 Å². The van der Waals surface area contributed by atoms with Gasteiger partial charge in [0.05, 0.1) is 28.7 Å².